The van der Waals surface area contributed by atoms with E-state index in [1.54, 1.807) is 54.6 Å². The van der Waals surface area contributed by atoms with E-state index in [1.807, 2.05) is 0 Å². The SMILES string of the molecule is CC(NC(=O)c1ccccc1Cl)C(=O)NNC(=O)c1ccccc1. The molecule has 3 N–H and O–H groups in total. The van der Waals surface area contributed by atoms with Crippen molar-refractivity contribution in [2.75, 3.05) is 0 Å². The van der Waals surface area contributed by atoms with Gasteiger partial charge in [0.1, 0.15) is 6.04 Å². The molecule has 2 rings (SSSR count). The van der Waals surface area contributed by atoms with E-state index in [9.17, 15) is 14.4 Å². The van der Waals surface area contributed by atoms with Gasteiger partial charge in [-0.05, 0) is 31.2 Å². The van der Waals surface area contributed by atoms with E-state index < -0.39 is 23.8 Å². The van der Waals surface area contributed by atoms with E-state index in [1.165, 1.54) is 6.92 Å². The summed E-state index contributed by atoms with van der Waals surface area (Å²) in [5.74, 6) is -1.48. The highest BCUT2D eigenvalue weighted by Gasteiger charge is 2.18. The van der Waals surface area contributed by atoms with E-state index in [0.717, 1.165) is 0 Å². The number of carbonyl (C=O) groups excluding carboxylic acids is 3. The van der Waals surface area contributed by atoms with Gasteiger partial charge in [-0.25, -0.2) is 0 Å². The third-order valence-electron chi connectivity index (χ3n) is 3.19. The third kappa shape index (κ3) is 4.57. The maximum absolute atomic E-state index is 12.1. The number of nitrogens with one attached hydrogen (secondary N) is 3. The molecule has 0 aliphatic carbocycles. The molecule has 0 aromatic heterocycles. The van der Waals surface area contributed by atoms with E-state index in [2.05, 4.69) is 16.2 Å². The van der Waals surface area contributed by atoms with Crippen LogP contribution >= 0.6 is 11.6 Å². The highest BCUT2D eigenvalue weighted by Crippen LogP contribution is 2.14. The van der Waals surface area contributed by atoms with Crippen LogP contribution in [0.3, 0.4) is 0 Å². The summed E-state index contributed by atoms with van der Waals surface area (Å²) >= 11 is 5.93. The number of carbonyl (C=O) groups is 3. The minimum absolute atomic E-state index is 0.270. The Morgan fingerprint density at radius 3 is 2.17 bits per heavy atom. The van der Waals surface area contributed by atoms with Crippen LogP contribution in [-0.4, -0.2) is 23.8 Å². The molecule has 7 heteroatoms. The molecule has 0 aliphatic heterocycles. The molecule has 0 heterocycles. The van der Waals surface area contributed by atoms with Gasteiger partial charge in [0.25, 0.3) is 17.7 Å². The first-order valence-corrected chi connectivity index (χ1v) is 7.57. The summed E-state index contributed by atoms with van der Waals surface area (Å²) in [5, 5.41) is 2.81. The summed E-state index contributed by atoms with van der Waals surface area (Å²) in [4.78, 5) is 35.9. The normalized spacial score (nSPS) is 11.2. The Balaban J connectivity index is 1.87. The highest BCUT2D eigenvalue weighted by molar-refractivity contribution is 6.33. The van der Waals surface area contributed by atoms with E-state index in [4.69, 9.17) is 11.6 Å². The van der Waals surface area contributed by atoms with Crippen LogP contribution in [0.15, 0.2) is 54.6 Å². The Morgan fingerprint density at radius 1 is 0.875 bits per heavy atom. The lowest BCUT2D eigenvalue weighted by Crippen LogP contribution is -2.51. The van der Waals surface area contributed by atoms with E-state index in [-0.39, 0.29) is 5.56 Å². The molecule has 0 saturated heterocycles. The van der Waals surface area contributed by atoms with Crippen molar-refractivity contribution in [2.24, 2.45) is 0 Å². The lowest BCUT2D eigenvalue weighted by atomic mass is 10.2. The highest BCUT2D eigenvalue weighted by atomic mass is 35.5. The van der Waals surface area contributed by atoms with Crippen LogP contribution in [0.1, 0.15) is 27.6 Å². The molecule has 0 saturated carbocycles. The van der Waals surface area contributed by atoms with Crippen LogP contribution in [0.5, 0.6) is 0 Å². The molecule has 0 radical (unpaired) electrons. The largest absolute Gasteiger partial charge is 0.340 e. The Bertz CT molecular complexity index is 750. The van der Waals surface area contributed by atoms with Crippen LogP contribution in [-0.2, 0) is 4.79 Å². The van der Waals surface area contributed by atoms with Gasteiger partial charge in [0.2, 0.25) is 0 Å². The fourth-order valence-electron chi connectivity index (χ4n) is 1.87. The molecule has 0 aliphatic rings. The number of halogens is 1. The molecule has 0 spiro atoms. The lowest BCUT2D eigenvalue weighted by molar-refractivity contribution is -0.123. The number of rotatable bonds is 4. The first-order valence-electron chi connectivity index (χ1n) is 7.19. The standard InChI is InChI=1S/C17H16ClN3O3/c1-11(19-17(24)13-9-5-6-10-14(13)18)15(22)20-21-16(23)12-7-3-2-4-8-12/h2-11H,1H3,(H,19,24)(H,20,22)(H,21,23). The molecular weight excluding hydrogens is 330 g/mol. The van der Waals surface area contributed by atoms with Gasteiger partial charge in [0.15, 0.2) is 0 Å². The van der Waals surface area contributed by atoms with Crippen LogP contribution in [0.25, 0.3) is 0 Å². The molecular formula is C17H16ClN3O3. The summed E-state index contributed by atoms with van der Waals surface area (Å²) in [6.07, 6.45) is 0. The Labute approximate surface area is 144 Å². The van der Waals surface area contributed by atoms with Gasteiger partial charge >= 0.3 is 0 Å². The maximum atomic E-state index is 12.1. The van der Waals surface area contributed by atoms with Crippen LogP contribution in [0, 0.1) is 0 Å². The zero-order valence-electron chi connectivity index (χ0n) is 12.9. The van der Waals surface area contributed by atoms with Gasteiger partial charge in [0, 0.05) is 5.56 Å². The summed E-state index contributed by atoms with van der Waals surface area (Å²) in [5.41, 5.74) is 5.23. The summed E-state index contributed by atoms with van der Waals surface area (Å²) < 4.78 is 0. The van der Waals surface area contributed by atoms with Crippen molar-refractivity contribution in [1.29, 1.82) is 0 Å². The fourth-order valence-corrected chi connectivity index (χ4v) is 2.10. The van der Waals surface area contributed by atoms with Gasteiger partial charge in [-0.15, -0.1) is 0 Å². The fraction of sp³-hybridized carbons (Fsp3) is 0.118. The minimum Gasteiger partial charge on any atom is -0.340 e. The number of benzene rings is 2. The average molecular weight is 346 g/mol. The number of hydrogen-bond acceptors (Lipinski definition) is 3. The molecule has 1 atom stereocenters. The van der Waals surface area contributed by atoms with Gasteiger partial charge in [-0.2, -0.15) is 0 Å². The zero-order chi connectivity index (χ0) is 17.5. The molecule has 2 aromatic rings. The number of hydrogen-bond donors (Lipinski definition) is 3. The summed E-state index contributed by atoms with van der Waals surface area (Å²) in [7, 11) is 0. The van der Waals surface area contributed by atoms with Crippen LogP contribution < -0.4 is 16.2 Å². The molecule has 24 heavy (non-hydrogen) atoms. The molecule has 0 fully saturated rings. The topological polar surface area (TPSA) is 87.3 Å². The van der Waals surface area contributed by atoms with Crippen molar-refractivity contribution in [3.05, 3.63) is 70.7 Å². The van der Waals surface area contributed by atoms with Crippen LogP contribution in [0.2, 0.25) is 5.02 Å². The number of amides is 3. The molecule has 124 valence electrons. The summed E-state index contributed by atoms with van der Waals surface area (Å²) in [6, 6.07) is 14.1. The average Bonchev–Trinajstić information content (AvgIpc) is 2.60. The quantitative estimate of drug-likeness (QED) is 0.740. The first kappa shape index (κ1) is 17.5. The number of hydrazine groups is 1. The molecule has 3 amide bonds. The third-order valence-corrected chi connectivity index (χ3v) is 3.52. The predicted molar refractivity (Wildman–Crippen MR) is 90.4 cm³/mol. The smallest absolute Gasteiger partial charge is 0.269 e. The van der Waals surface area contributed by atoms with Crippen molar-refractivity contribution in [2.45, 2.75) is 13.0 Å². The molecule has 6 nitrogen and oxygen atoms in total. The monoisotopic (exact) mass is 345 g/mol. The van der Waals surface area contributed by atoms with Gasteiger partial charge in [-0.3, -0.25) is 25.2 Å². The predicted octanol–water partition coefficient (Wildman–Crippen LogP) is 1.92. The van der Waals surface area contributed by atoms with Gasteiger partial charge in [0.05, 0.1) is 10.6 Å². The van der Waals surface area contributed by atoms with Gasteiger partial charge in [-0.1, -0.05) is 41.9 Å². The summed E-state index contributed by atoms with van der Waals surface area (Å²) in [6.45, 7) is 1.50. The van der Waals surface area contributed by atoms with Gasteiger partial charge < -0.3 is 5.32 Å². The van der Waals surface area contributed by atoms with Crippen LogP contribution in [0.4, 0.5) is 0 Å². The second kappa shape index (κ2) is 8.12. The second-order valence-electron chi connectivity index (χ2n) is 4.98. The van der Waals surface area contributed by atoms with Crippen molar-refractivity contribution in [1.82, 2.24) is 16.2 Å². The molecule has 1 unspecified atom stereocenters. The molecule has 2 aromatic carbocycles. The Kier molecular flexibility index (Phi) is 5.92. The lowest BCUT2D eigenvalue weighted by Gasteiger charge is -2.15. The Hall–Kier alpha value is -2.86. The van der Waals surface area contributed by atoms with Crippen molar-refractivity contribution in [3.63, 3.8) is 0 Å². The minimum atomic E-state index is -0.857. The van der Waals surface area contributed by atoms with Crippen molar-refractivity contribution >= 4 is 29.3 Å². The molecule has 0 bridgehead atoms. The van der Waals surface area contributed by atoms with Crippen molar-refractivity contribution < 1.29 is 14.4 Å². The van der Waals surface area contributed by atoms with E-state index >= 15 is 0 Å². The first-order chi connectivity index (χ1) is 11.5. The second-order valence-corrected chi connectivity index (χ2v) is 5.39. The maximum Gasteiger partial charge on any atom is 0.269 e. The Morgan fingerprint density at radius 2 is 1.50 bits per heavy atom. The van der Waals surface area contributed by atoms with Crippen molar-refractivity contribution in [3.8, 4) is 0 Å². The zero-order valence-corrected chi connectivity index (χ0v) is 13.6. The van der Waals surface area contributed by atoms with E-state index in [0.29, 0.717) is 10.6 Å².